The van der Waals surface area contributed by atoms with Crippen molar-refractivity contribution in [3.8, 4) is 0 Å². The molecule has 0 saturated carbocycles. The van der Waals surface area contributed by atoms with Gasteiger partial charge in [0.1, 0.15) is 0 Å². The molecule has 28 heavy (non-hydrogen) atoms. The van der Waals surface area contributed by atoms with Crippen molar-refractivity contribution >= 4 is 34.9 Å². The molecule has 2 aromatic carbocycles. The summed E-state index contributed by atoms with van der Waals surface area (Å²) in [5.74, 6) is 0.414. The van der Waals surface area contributed by atoms with Crippen molar-refractivity contribution in [3.63, 3.8) is 0 Å². The SMILES string of the molecule is CC(OC(=O)NC(C)(C)C)C1=Nc2cccc(Cl)c2C(O)N1c1ccccc1. The monoisotopic (exact) mass is 401 g/mol. The maximum Gasteiger partial charge on any atom is 0.408 e. The average molecular weight is 402 g/mol. The fourth-order valence-electron chi connectivity index (χ4n) is 3.01. The number of para-hydroxylation sites is 1. The zero-order chi connectivity index (χ0) is 20.5. The topological polar surface area (TPSA) is 74.2 Å². The van der Waals surface area contributed by atoms with E-state index < -0.39 is 24.0 Å². The van der Waals surface area contributed by atoms with E-state index in [0.29, 0.717) is 27.8 Å². The van der Waals surface area contributed by atoms with Crippen LogP contribution in [0.3, 0.4) is 0 Å². The summed E-state index contributed by atoms with van der Waals surface area (Å²) < 4.78 is 5.54. The number of nitrogens with zero attached hydrogens (tertiary/aromatic N) is 2. The Labute approximate surface area is 169 Å². The van der Waals surface area contributed by atoms with Gasteiger partial charge in [0, 0.05) is 16.8 Å². The van der Waals surface area contributed by atoms with Gasteiger partial charge in [0.15, 0.2) is 18.2 Å². The van der Waals surface area contributed by atoms with Crippen LogP contribution in [0.4, 0.5) is 16.2 Å². The van der Waals surface area contributed by atoms with E-state index in [0.717, 1.165) is 0 Å². The van der Waals surface area contributed by atoms with Crippen molar-refractivity contribution in [1.29, 1.82) is 0 Å². The number of hydrogen-bond donors (Lipinski definition) is 2. The predicted octanol–water partition coefficient (Wildman–Crippen LogP) is 4.79. The lowest BCUT2D eigenvalue weighted by atomic mass is 10.1. The van der Waals surface area contributed by atoms with Gasteiger partial charge >= 0.3 is 6.09 Å². The summed E-state index contributed by atoms with van der Waals surface area (Å²) in [5, 5.41) is 14.3. The molecule has 7 heteroatoms. The van der Waals surface area contributed by atoms with E-state index in [1.54, 1.807) is 30.0 Å². The van der Waals surface area contributed by atoms with Crippen molar-refractivity contribution in [2.45, 2.75) is 45.6 Å². The highest BCUT2D eigenvalue weighted by atomic mass is 35.5. The molecule has 0 fully saturated rings. The predicted molar refractivity (Wildman–Crippen MR) is 111 cm³/mol. The molecule has 2 aromatic rings. The quantitative estimate of drug-likeness (QED) is 0.775. The summed E-state index contributed by atoms with van der Waals surface area (Å²) in [4.78, 5) is 18.5. The average Bonchev–Trinajstić information content (AvgIpc) is 2.60. The maximum atomic E-state index is 12.2. The van der Waals surface area contributed by atoms with Gasteiger partial charge in [-0.25, -0.2) is 9.79 Å². The number of ether oxygens (including phenoxy) is 1. The Bertz CT molecular complexity index is 894. The number of carbonyl (C=O) groups is 1. The van der Waals surface area contributed by atoms with Crippen LogP contribution in [0.5, 0.6) is 0 Å². The summed E-state index contributed by atoms with van der Waals surface area (Å²) in [5.41, 5.74) is 1.35. The molecule has 1 aliphatic heterocycles. The van der Waals surface area contributed by atoms with Crippen molar-refractivity contribution in [1.82, 2.24) is 5.32 Å². The second-order valence-electron chi connectivity index (χ2n) is 7.64. The Morgan fingerprint density at radius 2 is 1.89 bits per heavy atom. The molecule has 148 valence electrons. The number of aliphatic hydroxyl groups is 1. The molecule has 1 amide bonds. The maximum absolute atomic E-state index is 12.2. The zero-order valence-electron chi connectivity index (χ0n) is 16.3. The minimum Gasteiger partial charge on any atom is -0.438 e. The van der Waals surface area contributed by atoms with Crippen LogP contribution in [-0.2, 0) is 4.74 Å². The van der Waals surface area contributed by atoms with Crippen molar-refractivity contribution in [3.05, 3.63) is 59.1 Å². The minimum absolute atomic E-state index is 0.414. The molecule has 3 rings (SSSR count). The number of nitrogens with one attached hydrogen (secondary N) is 1. The number of amidine groups is 1. The van der Waals surface area contributed by atoms with E-state index in [4.69, 9.17) is 16.3 Å². The van der Waals surface area contributed by atoms with Crippen LogP contribution in [0.25, 0.3) is 0 Å². The first kappa shape index (κ1) is 20.2. The number of hydrogen-bond acceptors (Lipinski definition) is 5. The second-order valence-corrected chi connectivity index (χ2v) is 8.05. The van der Waals surface area contributed by atoms with E-state index in [9.17, 15) is 9.90 Å². The lowest BCUT2D eigenvalue weighted by Crippen LogP contribution is -2.47. The number of carbonyl (C=O) groups excluding carboxylic acids is 1. The Kier molecular flexibility index (Phi) is 5.63. The minimum atomic E-state index is -1.06. The molecule has 1 heterocycles. The molecule has 2 atom stereocenters. The van der Waals surface area contributed by atoms with Crippen molar-refractivity contribution in [2.24, 2.45) is 4.99 Å². The molecule has 0 saturated heterocycles. The van der Waals surface area contributed by atoms with Gasteiger partial charge in [-0.15, -0.1) is 0 Å². The Morgan fingerprint density at radius 3 is 2.54 bits per heavy atom. The van der Waals surface area contributed by atoms with Crippen LogP contribution < -0.4 is 10.2 Å². The van der Waals surface area contributed by atoms with Crippen molar-refractivity contribution in [2.75, 3.05) is 4.90 Å². The molecule has 0 spiro atoms. The summed E-state index contributed by atoms with van der Waals surface area (Å²) in [6.07, 6.45) is -2.32. The first-order valence-corrected chi connectivity index (χ1v) is 9.43. The standard InChI is InChI=1S/C21H24ClN3O3/c1-13(28-20(27)24-21(2,3)4)18-23-16-12-8-11-15(22)17(16)19(26)25(18)14-9-6-5-7-10-14/h5-13,19,26H,1-4H3,(H,24,27). The van der Waals surface area contributed by atoms with Gasteiger partial charge in [0.05, 0.1) is 10.7 Å². The first-order chi connectivity index (χ1) is 13.2. The normalized spacial score (nSPS) is 17.4. The third-order valence-corrected chi connectivity index (χ3v) is 4.50. The third kappa shape index (κ3) is 4.29. The molecular weight excluding hydrogens is 378 g/mol. The lowest BCUT2D eigenvalue weighted by Gasteiger charge is -2.37. The van der Waals surface area contributed by atoms with Crippen LogP contribution in [0, 0.1) is 0 Å². The summed E-state index contributed by atoms with van der Waals surface area (Å²) in [6.45, 7) is 7.33. The first-order valence-electron chi connectivity index (χ1n) is 9.05. The fraction of sp³-hybridized carbons (Fsp3) is 0.333. The molecule has 6 nitrogen and oxygen atoms in total. The van der Waals surface area contributed by atoms with Crippen molar-refractivity contribution < 1.29 is 14.6 Å². The number of rotatable bonds is 3. The number of benzene rings is 2. The van der Waals surface area contributed by atoms with E-state index in [1.807, 2.05) is 51.1 Å². The molecular formula is C21H24ClN3O3. The summed E-state index contributed by atoms with van der Waals surface area (Å²) >= 11 is 6.32. The molecule has 0 aromatic heterocycles. The molecule has 0 bridgehead atoms. The highest BCUT2D eigenvalue weighted by molar-refractivity contribution is 6.32. The van der Waals surface area contributed by atoms with E-state index >= 15 is 0 Å². The highest BCUT2D eigenvalue weighted by Crippen LogP contribution is 2.40. The van der Waals surface area contributed by atoms with Gasteiger partial charge < -0.3 is 15.2 Å². The number of halogens is 1. The van der Waals surface area contributed by atoms with Gasteiger partial charge in [-0.2, -0.15) is 0 Å². The number of aliphatic imine (C=N–C) groups is 1. The number of alkyl carbamates (subject to hydrolysis) is 1. The molecule has 0 radical (unpaired) electrons. The molecule has 2 unspecified atom stereocenters. The summed E-state index contributed by atoms with van der Waals surface area (Å²) in [7, 11) is 0. The van der Waals surface area contributed by atoms with Crippen LogP contribution in [-0.4, -0.2) is 28.7 Å². The van der Waals surface area contributed by atoms with Crippen LogP contribution in [0.15, 0.2) is 53.5 Å². The number of anilines is 1. The van der Waals surface area contributed by atoms with Crippen LogP contribution in [0.2, 0.25) is 5.02 Å². The van der Waals surface area contributed by atoms with Gasteiger partial charge in [0.25, 0.3) is 0 Å². The largest absolute Gasteiger partial charge is 0.438 e. The highest BCUT2D eigenvalue weighted by Gasteiger charge is 2.35. The van der Waals surface area contributed by atoms with Gasteiger partial charge in [-0.3, -0.25) is 4.90 Å². The molecule has 0 aliphatic carbocycles. The second kappa shape index (κ2) is 7.81. The van der Waals surface area contributed by atoms with Crippen LogP contribution >= 0.6 is 11.6 Å². The third-order valence-electron chi connectivity index (χ3n) is 4.17. The number of aliphatic hydroxyl groups excluding tert-OH is 1. The van der Waals surface area contributed by atoms with Gasteiger partial charge in [-0.1, -0.05) is 35.9 Å². The van der Waals surface area contributed by atoms with E-state index in [2.05, 4.69) is 10.3 Å². The fourth-order valence-corrected chi connectivity index (χ4v) is 3.28. The number of amides is 1. The van der Waals surface area contributed by atoms with E-state index in [1.165, 1.54) is 0 Å². The molecule has 1 aliphatic rings. The van der Waals surface area contributed by atoms with Crippen LogP contribution in [0.1, 0.15) is 39.5 Å². The Morgan fingerprint density at radius 1 is 1.21 bits per heavy atom. The summed E-state index contributed by atoms with van der Waals surface area (Å²) in [6, 6.07) is 14.6. The lowest BCUT2D eigenvalue weighted by molar-refractivity contribution is 0.121. The van der Waals surface area contributed by atoms with E-state index in [-0.39, 0.29) is 0 Å². The Hall–Kier alpha value is -2.57. The zero-order valence-corrected chi connectivity index (χ0v) is 17.1. The van der Waals surface area contributed by atoms with Gasteiger partial charge in [-0.05, 0) is 52.0 Å². The van der Waals surface area contributed by atoms with Gasteiger partial charge in [0.2, 0.25) is 0 Å². The molecule has 2 N–H and O–H groups in total. The number of fused-ring (bicyclic) bond motifs is 1. The smallest absolute Gasteiger partial charge is 0.408 e. The Balaban J connectivity index is 2.00.